The summed E-state index contributed by atoms with van der Waals surface area (Å²) in [6.45, 7) is 4.84. The Kier molecular flexibility index (Phi) is 3.92. The number of hydrogen-bond acceptors (Lipinski definition) is 2. The zero-order valence-corrected chi connectivity index (χ0v) is 11.8. The largest absolute Gasteiger partial charge is 0.381 e. The molecule has 3 heteroatoms. The zero-order valence-electron chi connectivity index (χ0n) is 11.8. The molecule has 2 aliphatic carbocycles. The Balaban J connectivity index is 1.32. The number of carbonyl (C=O) groups is 1. The quantitative estimate of drug-likeness (QED) is 0.773. The smallest absolute Gasteiger partial charge is 0.243 e. The van der Waals surface area contributed by atoms with E-state index in [2.05, 4.69) is 18.3 Å². The number of rotatable bonds is 5. The fourth-order valence-corrected chi connectivity index (χ4v) is 3.36. The minimum atomic E-state index is 0.0842. The van der Waals surface area contributed by atoms with Crippen molar-refractivity contribution in [3.8, 4) is 0 Å². The second kappa shape index (κ2) is 5.66. The van der Waals surface area contributed by atoms with Crippen LogP contribution >= 0.6 is 0 Å². The molecule has 1 amide bonds. The van der Waals surface area contributed by atoms with Crippen molar-refractivity contribution in [2.75, 3.05) is 19.8 Å². The van der Waals surface area contributed by atoms with E-state index < -0.39 is 0 Å². The van der Waals surface area contributed by atoms with Crippen molar-refractivity contribution in [3.63, 3.8) is 0 Å². The molecule has 106 valence electrons. The molecule has 1 saturated heterocycles. The van der Waals surface area contributed by atoms with Crippen LogP contribution < -0.4 is 5.32 Å². The van der Waals surface area contributed by atoms with Gasteiger partial charge in [0, 0.05) is 19.8 Å². The molecule has 1 heterocycles. The molecule has 0 radical (unpaired) electrons. The van der Waals surface area contributed by atoms with Gasteiger partial charge in [-0.2, -0.15) is 0 Å². The topological polar surface area (TPSA) is 38.3 Å². The Morgan fingerprint density at radius 3 is 2.68 bits per heavy atom. The molecule has 1 aliphatic heterocycles. The number of nitrogens with one attached hydrogen (secondary N) is 1. The van der Waals surface area contributed by atoms with Crippen molar-refractivity contribution < 1.29 is 9.53 Å². The van der Waals surface area contributed by atoms with Gasteiger partial charge in [-0.3, -0.25) is 4.79 Å². The van der Waals surface area contributed by atoms with Gasteiger partial charge in [0.15, 0.2) is 0 Å². The molecule has 0 spiro atoms. The maximum atomic E-state index is 11.7. The first-order valence-electron chi connectivity index (χ1n) is 7.78. The fourth-order valence-electron chi connectivity index (χ4n) is 3.36. The summed E-state index contributed by atoms with van der Waals surface area (Å²) < 4.78 is 5.32. The van der Waals surface area contributed by atoms with E-state index in [0.717, 1.165) is 50.4 Å². The third-order valence-corrected chi connectivity index (χ3v) is 5.01. The Morgan fingerprint density at radius 1 is 1.26 bits per heavy atom. The molecule has 3 aliphatic rings. The van der Waals surface area contributed by atoms with Gasteiger partial charge in [-0.1, -0.05) is 13.0 Å². The lowest BCUT2D eigenvalue weighted by Crippen LogP contribution is -2.31. The van der Waals surface area contributed by atoms with E-state index in [1.54, 1.807) is 6.08 Å². The van der Waals surface area contributed by atoms with Crippen molar-refractivity contribution in [2.45, 2.75) is 32.6 Å². The van der Waals surface area contributed by atoms with Crippen LogP contribution in [-0.2, 0) is 9.53 Å². The Bertz CT molecular complexity index is 360. The van der Waals surface area contributed by atoms with Gasteiger partial charge >= 0.3 is 0 Å². The van der Waals surface area contributed by atoms with Crippen LogP contribution in [0.4, 0.5) is 0 Å². The van der Waals surface area contributed by atoms with Crippen LogP contribution in [0.25, 0.3) is 0 Å². The van der Waals surface area contributed by atoms with Crippen LogP contribution in [0.2, 0.25) is 0 Å². The number of amides is 1. The van der Waals surface area contributed by atoms with Crippen LogP contribution in [-0.4, -0.2) is 25.7 Å². The van der Waals surface area contributed by atoms with Gasteiger partial charge in [-0.25, -0.2) is 0 Å². The average molecular weight is 263 g/mol. The van der Waals surface area contributed by atoms with E-state index in [-0.39, 0.29) is 5.91 Å². The molecule has 4 unspecified atom stereocenters. The van der Waals surface area contributed by atoms with E-state index in [0.29, 0.717) is 11.8 Å². The Labute approximate surface area is 115 Å². The molecule has 3 rings (SSSR count). The van der Waals surface area contributed by atoms with Gasteiger partial charge in [0.1, 0.15) is 0 Å². The maximum Gasteiger partial charge on any atom is 0.243 e. The third kappa shape index (κ3) is 3.59. The SMILES string of the molecule is CC1CC1C1CC1C=CC(=O)NCC1CCOCC1. The predicted molar refractivity (Wildman–Crippen MR) is 74.6 cm³/mol. The van der Waals surface area contributed by atoms with Crippen molar-refractivity contribution in [1.82, 2.24) is 5.32 Å². The Hall–Kier alpha value is -0.830. The molecular formula is C16H25NO2. The van der Waals surface area contributed by atoms with Gasteiger partial charge in [0.25, 0.3) is 0 Å². The summed E-state index contributed by atoms with van der Waals surface area (Å²) in [4.78, 5) is 11.7. The van der Waals surface area contributed by atoms with Crippen molar-refractivity contribution in [3.05, 3.63) is 12.2 Å². The molecule has 0 bridgehead atoms. The van der Waals surface area contributed by atoms with Crippen molar-refractivity contribution in [2.24, 2.45) is 29.6 Å². The minimum absolute atomic E-state index is 0.0842. The van der Waals surface area contributed by atoms with E-state index in [9.17, 15) is 4.79 Å². The highest BCUT2D eigenvalue weighted by molar-refractivity contribution is 5.87. The minimum Gasteiger partial charge on any atom is -0.381 e. The van der Waals surface area contributed by atoms with Gasteiger partial charge < -0.3 is 10.1 Å². The van der Waals surface area contributed by atoms with Crippen LogP contribution in [0.15, 0.2) is 12.2 Å². The highest BCUT2D eigenvalue weighted by Gasteiger charge is 2.50. The lowest BCUT2D eigenvalue weighted by atomic mass is 10.0. The predicted octanol–water partition coefficient (Wildman–Crippen LogP) is 2.38. The molecule has 0 aromatic heterocycles. The molecule has 1 N–H and O–H groups in total. The van der Waals surface area contributed by atoms with E-state index in [1.165, 1.54) is 12.8 Å². The number of allylic oxidation sites excluding steroid dienone is 1. The highest BCUT2D eigenvalue weighted by atomic mass is 16.5. The van der Waals surface area contributed by atoms with E-state index in [4.69, 9.17) is 4.74 Å². The molecule has 3 nitrogen and oxygen atoms in total. The van der Waals surface area contributed by atoms with Crippen LogP contribution in [0.3, 0.4) is 0 Å². The highest BCUT2D eigenvalue weighted by Crippen LogP contribution is 2.58. The summed E-state index contributed by atoms with van der Waals surface area (Å²) in [6, 6.07) is 0. The fraction of sp³-hybridized carbons (Fsp3) is 0.812. The van der Waals surface area contributed by atoms with E-state index in [1.807, 2.05) is 0 Å². The van der Waals surface area contributed by atoms with Crippen LogP contribution in [0.5, 0.6) is 0 Å². The summed E-state index contributed by atoms with van der Waals surface area (Å²) in [5.41, 5.74) is 0. The molecular weight excluding hydrogens is 238 g/mol. The molecule has 0 aromatic rings. The van der Waals surface area contributed by atoms with Crippen LogP contribution in [0, 0.1) is 29.6 Å². The third-order valence-electron chi connectivity index (χ3n) is 5.01. The average Bonchev–Trinajstić information content (AvgIpc) is 3.32. The van der Waals surface area contributed by atoms with E-state index >= 15 is 0 Å². The normalized spacial score (nSPS) is 38.4. The summed E-state index contributed by atoms with van der Waals surface area (Å²) in [5, 5.41) is 3.02. The first-order valence-corrected chi connectivity index (χ1v) is 7.78. The van der Waals surface area contributed by atoms with Crippen molar-refractivity contribution >= 4 is 5.91 Å². The van der Waals surface area contributed by atoms with Gasteiger partial charge in [0.05, 0.1) is 0 Å². The van der Waals surface area contributed by atoms with Crippen molar-refractivity contribution in [1.29, 1.82) is 0 Å². The number of hydrogen-bond donors (Lipinski definition) is 1. The summed E-state index contributed by atoms with van der Waals surface area (Å²) in [7, 11) is 0. The van der Waals surface area contributed by atoms with Gasteiger partial charge in [-0.05, 0) is 61.3 Å². The maximum absolute atomic E-state index is 11.7. The van der Waals surface area contributed by atoms with Gasteiger partial charge in [-0.15, -0.1) is 0 Å². The zero-order chi connectivity index (χ0) is 13.2. The second-order valence-electron chi connectivity index (χ2n) is 6.60. The number of ether oxygens (including phenoxy) is 1. The standard InChI is InChI=1S/C16H25NO2/c1-11-8-14(11)15-9-13(15)2-3-16(18)17-10-12-4-6-19-7-5-12/h2-3,11-15H,4-10H2,1H3,(H,17,18). The second-order valence-corrected chi connectivity index (χ2v) is 6.60. The molecule has 19 heavy (non-hydrogen) atoms. The monoisotopic (exact) mass is 263 g/mol. The number of carbonyl (C=O) groups excluding carboxylic acids is 1. The first-order chi connectivity index (χ1) is 9.24. The van der Waals surface area contributed by atoms with Crippen LogP contribution in [0.1, 0.15) is 32.6 Å². The summed E-state index contributed by atoms with van der Waals surface area (Å²) in [5.74, 6) is 4.15. The lowest BCUT2D eigenvalue weighted by molar-refractivity contribution is -0.116. The molecule has 3 fully saturated rings. The lowest BCUT2D eigenvalue weighted by Gasteiger charge is -2.21. The first kappa shape index (κ1) is 13.2. The Morgan fingerprint density at radius 2 is 2.00 bits per heavy atom. The van der Waals surface area contributed by atoms with Gasteiger partial charge in [0.2, 0.25) is 5.91 Å². The summed E-state index contributed by atoms with van der Waals surface area (Å²) in [6.07, 6.45) is 8.76. The molecule has 4 atom stereocenters. The molecule has 0 aromatic carbocycles. The molecule has 2 saturated carbocycles. The summed E-state index contributed by atoms with van der Waals surface area (Å²) >= 11 is 0.